The topological polar surface area (TPSA) is 200 Å². The minimum Gasteiger partial charge on any atom is -0.476 e. The Morgan fingerprint density at radius 2 is 1.83 bits per heavy atom. The summed E-state index contributed by atoms with van der Waals surface area (Å²) in [6, 6.07) is 6.55. The second kappa shape index (κ2) is 13.8. The third-order valence-electron chi connectivity index (χ3n) is 6.16. The van der Waals surface area contributed by atoms with Gasteiger partial charge in [0, 0.05) is 6.54 Å². The lowest BCUT2D eigenvalue weighted by Gasteiger charge is -2.19. The number of carbonyl (C=O) groups excluding carboxylic acids is 4. The van der Waals surface area contributed by atoms with E-state index < -0.39 is 35.3 Å². The number of nitrogens with zero attached hydrogens (tertiary/aromatic N) is 4. The molecule has 0 fully saturated rings. The van der Waals surface area contributed by atoms with Crippen LogP contribution in [-0.2, 0) is 19.0 Å². The number of alkyl carbamates (subject to hydrolysis) is 1. The molecule has 2 amide bonds. The van der Waals surface area contributed by atoms with Gasteiger partial charge in [-0.15, -0.1) is 5.10 Å². The maximum absolute atomic E-state index is 13.0. The van der Waals surface area contributed by atoms with Crippen LogP contribution in [0.25, 0.3) is 22.9 Å². The van der Waals surface area contributed by atoms with Gasteiger partial charge in [-0.05, 0) is 79.2 Å². The number of nitriles is 1. The fourth-order valence-corrected chi connectivity index (χ4v) is 4.30. The molecule has 15 heteroatoms. The minimum atomic E-state index is -0.791. The highest BCUT2D eigenvalue weighted by atomic mass is 16.6. The summed E-state index contributed by atoms with van der Waals surface area (Å²) >= 11 is 0. The number of carbonyl (C=O) groups is 4. The van der Waals surface area contributed by atoms with Crippen molar-refractivity contribution in [1.29, 1.82) is 5.26 Å². The Labute approximate surface area is 271 Å². The van der Waals surface area contributed by atoms with E-state index in [1.165, 1.54) is 18.3 Å². The molecule has 0 aromatic carbocycles. The molecule has 0 spiro atoms. The highest BCUT2D eigenvalue weighted by molar-refractivity contribution is 6.34. The quantitative estimate of drug-likeness (QED) is 0.124. The number of hydrogen-bond donors (Lipinski definition) is 3. The van der Waals surface area contributed by atoms with Gasteiger partial charge >= 0.3 is 18.2 Å². The van der Waals surface area contributed by atoms with Gasteiger partial charge in [-0.1, -0.05) is 0 Å². The Hall–Kier alpha value is -5.65. The number of ether oxygens (including phenoxy) is 4. The Bertz CT molecular complexity index is 1770. The summed E-state index contributed by atoms with van der Waals surface area (Å²) in [6.45, 7) is 12.6. The number of aromatic amines is 1. The lowest BCUT2D eigenvalue weighted by atomic mass is 10.1. The van der Waals surface area contributed by atoms with Crippen molar-refractivity contribution in [3.8, 4) is 23.2 Å². The molecule has 1 aliphatic rings. The molecule has 248 valence electrons. The zero-order valence-corrected chi connectivity index (χ0v) is 27.3. The number of fused-ring (bicyclic) bond motifs is 1. The van der Waals surface area contributed by atoms with Crippen LogP contribution in [0.1, 0.15) is 82.3 Å². The fraction of sp³-hybridized carbons (Fsp3) is 0.406. The lowest BCUT2D eigenvalue weighted by Crippen LogP contribution is -2.33. The van der Waals surface area contributed by atoms with E-state index in [2.05, 4.69) is 20.7 Å². The van der Waals surface area contributed by atoms with E-state index in [9.17, 15) is 24.4 Å². The lowest BCUT2D eigenvalue weighted by molar-refractivity contribution is -0.110. The molecule has 0 saturated carbocycles. The number of rotatable bonds is 9. The first-order valence-corrected chi connectivity index (χ1v) is 14.9. The number of hydrogen-bond acceptors (Lipinski definition) is 11. The van der Waals surface area contributed by atoms with Gasteiger partial charge in [0.15, 0.2) is 0 Å². The van der Waals surface area contributed by atoms with Crippen LogP contribution in [-0.4, -0.2) is 74.8 Å². The second-order valence-corrected chi connectivity index (χ2v) is 12.4. The van der Waals surface area contributed by atoms with Crippen LogP contribution in [0.4, 0.5) is 15.3 Å². The molecule has 47 heavy (non-hydrogen) atoms. The number of amides is 2. The summed E-state index contributed by atoms with van der Waals surface area (Å²) in [5, 5.41) is 19.1. The first-order valence-electron chi connectivity index (χ1n) is 14.9. The molecule has 0 atom stereocenters. The average Bonchev–Trinajstić information content (AvgIpc) is 3.66. The minimum absolute atomic E-state index is 0.0658. The predicted octanol–water partition coefficient (Wildman–Crippen LogP) is 4.89. The molecule has 3 aromatic heterocycles. The van der Waals surface area contributed by atoms with Crippen molar-refractivity contribution in [2.75, 3.05) is 25.1 Å². The molecule has 3 N–H and O–H groups in total. The van der Waals surface area contributed by atoms with Crippen LogP contribution in [0.3, 0.4) is 0 Å². The molecule has 4 heterocycles. The number of aromatic nitrogens is 4. The van der Waals surface area contributed by atoms with Crippen LogP contribution in [0.5, 0.6) is 5.88 Å². The Balaban J connectivity index is 1.65. The fourth-order valence-electron chi connectivity index (χ4n) is 4.30. The SMILES string of the molecule is CCOC(=O)c1cc(C#N)[nH]c1/C=C1\C(=O)Nc2ccc(-c3cn(C(=O)OC(C)(C)C)nc3OCCCNC(=O)OC(C)(C)C)nc21. The largest absolute Gasteiger partial charge is 0.476 e. The molecule has 4 rings (SSSR count). The van der Waals surface area contributed by atoms with Crippen LogP contribution < -0.4 is 15.4 Å². The van der Waals surface area contributed by atoms with Crippen LogP contribution in [0.2, 0.25) is 0 Å². The monoisotopic (exact) mass is 647 g/mol. The van der Waals surface area contributed by atoms with Gasteiger partial charge in [-0.3, -0.25) is 4.79 Å². The molecule has 0 bridgehead atoms. The highest BCUT2D eigenvalue weighted by Gasteiger charge is 2.29. The van der Waals surface area contributed by atoms with Crippen LogP contribution in [0, 0.1) is 11.3 Å². The van der Waals surface area contributed by atoms with Gasteiger partial charge in [-0.25, -0.2) is 19.4 Å². The Morgan fingerprint density at radius 1 is 1.11 bits per heavy atom. The number of nitrogens with one attached hydrogen (secondary N) is 3. The summed E-state index contributed by atoms with van der Waals surface area (Å²) in [6.07, 6.45) is 1.92. The highest BCUT2D eigenvalue weighted by Crippen LogP contribution is 2.36. The standard InChI is InChI=1S/C32H37N7O8/c1-8-44-28(41)19-14-18(16-33)35-24(19)15-20-25-23(37-26(20)40)11-10-22(36-25)21-17-39(30(43)47-32(5,6)7)38-27(21)45-13-9-12-34-29(42)46-31(2,3)4/h10-11,14-15,17,35H,8-9,12-13H2,1-7H3,(H,34,42)(H,37,40)/b20-15-. The van der Waals surface area contributed by atoms with Crippen LogP contribution >= 0.6 is 0 Å². The maximum atomic E-state index is 13.0. The number of H-pyrrole nitrogens is 1. The Kier molecular flexibility index (Phi) is 10.0. The van der Waals surface area contributed by atoms with Crippen molar-refractivity contribution < 1.29 is 38.1 Å². The van der Waals surface area contributed by atoms with Crippen molar-refractivity contribution in [3.63, 3.8) is 0 Å². The number of anilines is 1. The molecule has 0 unspecified atom stereocenters. The molecular weight excluding hydrogens is 610 g/mol. The summed E-state index contributed by atoms with van der Waals surface area (Å²) in [5.74, 6) is -1.07. The predicted molar refractivity (Wildman–Crippen MR) is 169 cm³/mol. The maximum Gasteiger partial charge on any atom is 0.435 e. The van der Waals surface area contributed by atoms with Crippen LogP contribution in [0.15, 0.2) is 24.4 Å². The number of esters is 1. The molecule has 0 saturated heterocycles. The summed E-state index contributed by atoms with van der Waals surface area (Å²) in [4.78, 5) is 57.9. The van der Waals surface area contributed by atoms with Crippen molar-refractivity contribution in [2.45, 2.75) is 66.1 Å². The third-order valence-corrected chi connectivity index (χ3v) is 6.16. The van der Waals surface area contributed by atoms with Crippen molar-refractivity contribution in [2.24, 2.45) is 0 Å². The third kappa shape index (κ3) is 8.75. The number of pyridine rings is 1. The zero-order valence-electron chi connectivity index (χ0n) is 27.3. The molecular formula is C32H37N7O8. The molecule has 1 aliphatic heterocycles. The van der Waals surface area contributed by atoms with Gasteiger partial charge in [0.2, 0.25) is 5.88 Å². The van der Waals surface area contributed by atoms with E-state index in [1.807, 2.05) is 6.07 Å². The van der Waals surface area contributed by atoms with E-state index in [4.69, 9.17) is 23.9 Å². The van der Waals surface area contributed by atoms with E-state index >= 15 is 0 Å². The summed E-state index contributed by atoms with van der Waals surface area (Å²) < 4.78 is 22.7. The molecule has 0 radical (unpaired) electrons. The van der Waals surface area contributed by atoms with Crippen molar-refractivity contribution in [3.05, 3.63) is 47.0 Å². The van der Waals surface area contributed by atoms with Gasteiger partial charge < -0.3 is 34.6 Å². The molecule has 0 aliphatic carbocycles. The van der Waals surface area contributed by atoms with Gasteiger partial charge in [0.25, 0.3) is 5.91 Å². The zero-order chi connectivity index (χ0) is 34.5. The van der Waals surface area contributed by atoms with Gasteiger partial charge in [-0.2, -0.15) is 9.94 Å². The molecule has 3 aromatic rings. The first-order chi connectivity index (χ1) is 22.1. The normalized spacial score (nSPS) is 13.4. The summed E-state index contributed by atoms with van der Waals surface area (Å²) in [7, 11) is 0. The van der Waals surface area contributed by atoms with E-state index in [-0.39, 0.29) is 53.9 Å². The second-order valence-electron chi connectivity index (χ2n) is 12.4. The van der Waals surface area contributed by atoms with Gasteiger partial charge in [0.05, 0.1) is 53.2 Å². The molecule has 15 nitrogen and oxygen atoms in total. The van der Waals surface area contributed by atoms with Gasteiger partial charge in [0.1, 0.15) is 28.7 Å². The van der Waals surface area contributed by atoms with Crippen molar-refractivity contribution in [1.82, 2.24) is 25.1 Å². The first kappa shape index (κ1) is 34.2. The smallest absolute Gasteiger partial charge is 0.435 e. The Morgan fingerprint density at radius 3 is 2.49 bits per heavy atom. The van der Waals surface area contributed by atoms with E-state index in [0.29, 0.717) is 23.4 Å². The van der Waals surface area contributed by atoms with E-state index in [1.54, 1.807) is 60.6 Å². The average molecular weight is 648 g/mol. The summed E-state index contributed by atoms with van der Waals surface area (Å²) in [5.41, 5.74) is 0.405. The van der Waals surface area contributed by atoms with E-state index in [0.717, 1.165) is 4.68 Å². The van der Waals surface area contributed by atoms with Crippen molar-refractivity contribution >= 4 is 41.4 Å².